The van der Waals surface area contributed by atoms with Crippen molar-refractivity contribution in [1.82, 2.24) is 0 Å². The molecule has 0 aliphatic heterocycles. The van der Waals surface area contributed by atoms with E-state index in [2.05, 4.69) is 13.8 Å². The Kier molecular flexibility index (Phi) is 20.9. The van der Waals surface area contributed by atoms with Crippen LogP contribution in [0, 0.1) is 0 Å². The Hall–Kier alpha value is -0.0800. The molecule has 24 heavy (non-hydrogen) atoms. The average molecular weight is 342 g/mol. The van der Waals surface area contributed by atoms with Gasteiger partial charge in [0.05, 0.1) is 6.61 Å². The SMILES string of the molecule is CCCCCCCCCCOC[C@H](N)CCCCCCCCCC. The molecule has 0 bridgehead atoms. The Morgan fingerprint density at radius 3 is 1.50 bits per heavy atom. The summed E-state index contributed by atoms with van der Waals surface area (Å²) in [6.45, 7) is 6.21. The van der Waals surface area contributed by atoms with Crippen molar-refractivity contribution in [3.05, 3.63) is 0 Å². The summed E-state index contributed by atoms with van der Waals surface area (Å²) in [4.78, 5) is 0. The summed E-state index contributed by atoms with van der Waals surface area (Å²) < 4.78 is 5.74. The molecule has 0 amide bonds. The average Bonchev–Trinajstić information content (AvgIpc) is 2.59. The Bertz CT molecular complexity index is 220. The minimum Gasteiger partial charge on any atom is -0.380 e. The molecule has 0 spiro atoms. The molecule has 0 aromatic carbocycles. The van der Waals surface area contributed by atoms with Crippen LogP contribution in [0.5, 0.6) is 0 Å². The van der Waals surface area contributed by atoms with E-state index in [-0.39, 0.29) is 6.04 Å². The Labute approximate surface area is 153 Å². The topological polar surface area (TPSA) is 35.2 Å². The van der Waals surface area contributed by atoms with Gasteiger partial charge >= 0.3 is 0 Å². The van der Waals surface area contributed by atoms with E-state index < -0.39 is 0 Å². The van der Waals surface area contributed by atoms with Crippen molar-refractivity contribution in [2.24, 2.45) is 5.73 Å². The van der Waals surface area contributed by atoms with Crippen molar-refractivity contribution < 1.29 is 4.74 Å². The molecule has 0 unspecified atom stereocenters. The van der Waals surface area contributed by atoms with Crippen LogP contribution in [0.4, 0.5) is 0 Å². The highest BCUT2D eigenvalue weighted by Crippen LogP contribution is 2.11. The van der Waals surface area contributed by atoms with Crippen molar-refractivity contribution in [1.29, 1.82) is 0 Å². The number of ether oxygens (including phenoxy) is 1. The van der Waals surface area contributed by atoms with Gasteiger partial charge in [0.2, 0.25) is 0 Å². The molecule has 0 aromatic rings. The standard InChI is InChI=1S/C22H47NO/c1-3-5-7-9-11-13-15-17-19-22(23)21-24-20-18-16-14-12-10-8-6-4-2/h22H,3-21,23H2,1-2H3/t22-/m1/s1. The van der Waals surface area contributed by atoms with Gasteiger partial charge < -0.3 is 10.5 Å². The molecule has 0 radical (unpaired) electrons. The molecular formula is C22H47NO. The van der Waals surface area contributed by atoms with Crippen LogP contribution in [-0.4, -0.2) is 19.3 Å². The zero-order valence-electron chi connectivity index (χ0n) is 17.0. The maximum absolute atomic E-state index is 6.14. The van der Waals surface area contributed by atoms with Gasteiger partial charge in [-0.3, -0.25) is 0 Å². The third-order valence-electron chi connectivity index (χ3n) is 4.90. The highest BCUT2D eigenvalue weighted by atomic mass is 16.5. The fraction of sp³-hybridized carbons (Fsp3) is 1.00. The molecule has 0 aromatic heterocycles. The number of rotatable bonds is 20. The zero-order chi connectivity index (χ0) is 17.7. The van der Waals surface area contributed by atoms with Gasteiger partial charge in [-0.2, -0.15) is 0 Å². The van der Waals surface area contributed by atoms with Crippen molar-refractivity contribution >= 4 is 0 Å². The van der Waals surface area contributed by atoms with Crippen LogP contribution < -0.4 is 5.73 Å². The van der Waals surface area contributed by atoms with Crippen LogP contribution >= 0.6 is 0 Å². The third kappa shape index (κ3) is 20.0. The molecular weight excluding hydrogens is 294 g/mol. The summed E-state index contributed by atoms with van der Waals surface area (Å²) in [6.07, 6.45) is 23.0. The number of hydrogen-bond acceptors (Lipinski definition) is 2. The van der Waals surface area contributed by atoms with Crippen LogP contribution in [0.3, 0.4) is 0 Å². The van der Waals surface area contributed by atoms with Crippen molar-refractivity contribution in [3.63, 3.8) is 0 Å². The normalized spacial score (nSPS) is 12.6. The molecule has 0 aliphatic rings. The largest absolute Gasteiger partial charge is 0.380 e. The lowest BCUT2D eigenvalue weighted by molar-refractivity contribution is 0.114. The lowest BCUT2D eigenvalue weighted by atomic mass is 10.1. The lowest BCUT2D eigenvalue weighted by Crippen LogP contribution is -2.26. The predicted molar refractivity (Wildman–Crippen MR) is 109 cm³/mol. The highest BCUT2D eigenvalue weighted by Gasteiger charge is 2.02. The minimum absolute atomic E-state index is 0.249. The molecule has 2 nitrogen and oxygen atoms in total. The quantitative estimate of drug-likeness (QED) is 0.242. The fourth-order valence-corrected chi connectivity index (χ4v) is 3.20. The van der Waals surface area contributed by atoms with Gasteiger partial charge in [-0.05, 0) is 12.8 Å². The Morgan fingerprint density at radius 2 is 1.00 bits per heavy atom. The van der Waals surface area contributed by atoms with Gasteiger partial charge in [0.15, 0.2) is 0 Å². The third-order valence-corrected chi connectivity index (χ3v) is 4.90. The smallest absolute Gasteiger partial charge is 0.0617 e. The molecule has 0 heterocycles. The summed E-state index contributed by atoms with van der Waals surface area (Å²) in [6, 6.07) is 0.249. The van der Waals surface area contributed by atoms with Crippen LogP contribution in [0.15, 0.2) is 0 Å². The monoisotopic (exact) mass is 341 g/mol. The molecule has 0 saturated heterocycles. The molecule has 2 heteroatoms. The minimum atomic E-state index is 0.249. The van der Waals surface area contributed by atoms with Gasteiger partial charge in [-0.15, -0.1) is 0 Å². The molecule has 0 aliphatic carbocycles. The molecule has 0 fully saturated rings. The summed E-state index contributed by atoms with van der Waals surface area (Å²) in [7, 11) is 0. The Balaban J connectivity index is 3.11. The van der Waals surface area contributed by atoms with Crippen LogP contribution in [0.1, 0.15) is 123 Å². The number of hydrogen-bond donors (Lipinski definition) is 1. The summed E-state index contributed by atoms with van der Waals surface area (Å²) in [5, 5.41) is 0. The van der Waals surface area contributed by atoms with Crippen molar-refractivity contribution in [2.75, 3.05) is 13.2 Å². The highest BCUT2D eigenvalue weighted by molar-refractivity contribution is 4.60. The molecule has 0 saturated carbocycles. The summed E-state index contributed by atoms with van der Waals surface area (Å²) in [5.74, 6) is 0. The first-order valence-corrected chi connectivity index (χ1v) is 11.1. The van der Waals surface area contributed by atoms with E-state index in [0.29, 0.717) is 0 Å². The van der Waals surface area contributed by atoms with E-state index in [0.717, 1.165) is 19.6 Å². The second-order valence-electron chi connectivity index (χ2n) is 7.57. The van der Waals surface area contributed by atoms with E-state index in [9.17, 15) is 0 Å². The second-order valence-corrected chi connectivity index (χ2v) is 7.57. The van der Waals surface area contributed by atoms with Gasteiger partial charge in [0, 0.05) is 12.6 Å². The maximum Gasteiger partial charge on any atom is 0.0617 e. The van der Waals surface area contributed by atoms with Crippen LogP contribution in [0.25, 0.3) is 0 Å². The van der Waals surface area contributed by atoms with Gasteiger partial charge in [0.25, 0.3) is 0 Å². The van der Waals surface area contributed by atoms with E-state index >= 15 is 0 Å². The van der Waals surface area contributed by atoms with Crippen LogP contribution in [0.2, 0.25) is 0 Å². The van der Waals surface area contributed by atoms with E-state index in [4.69, 9.17) is 10.5 Å². The second kappa shape index (κ2) is 21.0. The predicted octanol–water partition coefficient (Wildman–Crippen LogP) is 7.00. The summed E-state index contributed by atoms with van der Waals surface area (Å²) >= 11 is 0. The van der Waals surface area contributed by atoms with Crippen molar-refractivity contribution in [2.45, 2.75) is 129 Å². The van der Waals surface area contributed by atoms with E-state index in [1.165, 1.54) is 103 Å². The zero-order valence-corrected chi connectivity index (χ0v) is 17.0. The van der Waals surface area contributed by atoms with E-state index in [1.54, 1.807) is 0 Å². The maximum atomic E-state index is 6.14. The summed E-state index contributed by atoms with van der Waals surface area (Å²) in [5.41, 5.74) is 6.14. The molecule has 2 N–H and O–H groups in total. The first kappa shape index (κ1) is 23.9. The van der Waals surface area contributed by atoms with Gasteiger partial charge in [-0.1, -0.05) is 110 Å². The fourth-order valence-electron chi connectivity index (χ4n) is 3.20. The molecule has 1 atom stereocenters. The van der Waals surface area contributed by atoms with Crippen molar-refractivity contribution in [3.8, 4) is 0 Å². The van der Waals surface area contributed by atoms with Crippen LogP contribution in [-0.2, 0) is 4.74 Å². The van der Waals surface area contributed by atoms with Gasteiger partial charge in [-0.25, -0.2) is 0 Å². The van der Waals surface area contributed by atoms with E-state index in [1.807, 2.05) is 0 Å². The molecule has 0 rings (SSSR count). The first-order chi connectivity index (χ1) is 11.8. The number of nitrogens with two attached hydrogens (primary N) is 1. The Morgan fingerprint density at radius 1 is 0.583 bits per heavy atom. The van der Waals surface area contributed by atoms with Gasteiger partial charge in [0.1, 0.15) is 0 Å². The molecule has 146 valence electrons. The lowest BCUT2D eigenvalue weighted by Gasteiger charge is -2.12. The first-order valence-electron chi connectivity index (χ1n) is 11.1. The number of unbranched alkanes of at least 4 members (excludes halogenated alkanes) is 14.